The SMILES string of the molecule is COc1cc2ncnc(N(Cc3cnc([N+](=O)[O-])n3C)c3ccc(F)c(Cl)c3)c2cc1OCCOC(C)C(=O)Nc1cccc2c1C(=O)N(C1CCC(=O)NC1=O)C2=O. The van der Waals surface area contributed by atoms with Crippen molar-refractivity contribution in [3.8, 4) is 11.5 Å². The van der Waals surface area contributed by atoms with Crippen LogP contribution >= 0.6 is 11.6 Å². The summed E-state index contributed by atoms with van der Waals surface area (Å²) >= 11 is 6.17. The Bertz CT molecular complexity index is 2570. The molecule has 0 radical (unpaired) electrons. The van der Waals surface area contributed by atoms with Gasteiger partial charge in [-0.25, -0.2) is 18.9 Å². The number of hydrogen-bond donors (Lipinski definition) is 2. The maximum Gasteiger partial charge on any atom is 0.434 e. The van der Waals surface area contributed by atoms with Gasteiger partial charge < -0.3 is 34.5 Å². The van der Waals surface area contributed by atoms with Crippen LogP contribution in [-0.2, 0) is 32.7 Å². The number of carbonyl (C=O) groups excluding carboxylic acids is 5. The lowest BCUT2D eigenvalue weighted by atomic mass is 10.0. The zero-order chi connectivity index (χ0) is 42.1. The molecule has 0 aliphatic carbocycles. The van der Waals surface area contributed by atoms with Crippen LogP contribution in [0.1, 0.15) is 46.2 Å². The van der Waals surface area contributed by atoms with E-state index in [0.29, 0.717) is 33.9 Å². The van der Waals surface area contributed by atoms with Crippen LogP contribution in [0, 0.1) is 15.9 Å². The molecule has 21 heteroatoms. The van der Waals surface area contributed by atoms with Crippen LogP contribution in [-0.4, -0.2) is 91.3 Å². The molecule has 0 saturated carbocycles. The maximum atomic E-state index is 14.3. The quantitative estimate of drug-likeness (QED) is 0.0691. The number of nitro groups is 1. The molecule has 2 aliphatic heterocycles. The van der Waals surface area contributed by atoms with E-state index in [4.69, 9.17) is 25.8 Å². The monoisotopic (exact) mass is 829 g/mol. The minimum atomic E-state index is -1.17. The molecule has 304 valence electrons. The van der Waals surface area contributed by atoms with E-state index in [1.807, 2.05) is 0 Å². The fourth-order valence-corrected chi connectivity index (χ4v) is 6.87. The highest BCUT2D eigenvalue weighted by Gasteiger charge is 2.46. The number of imide groups is 2. The first-order chi connectivity index (χ1) is 28.3. The lowest BCUT2D eigenvalue weighted by Gasteiger charge is -2.27. The molecule has 7 rings (SSSR count). The fraction of sp³-hybridized carbons (Fsp3) is 0.263. The van der Waals surface area contributed by atoms with E-state index in [-0.39, 0.29) is 66.1 Å². The Hall–Kier alpha value is -7.06. The van der Waals surface area contributed by atoms with Gasteiger partial charge in [0.1, 0.15) is 48.6 Å². The summed E-state index contributed by atoms with van der Waals surface area (Å²) in [6.45, 7) is 1.30. The molecular formula is C38H33ClFN9O10. The molecule has 2 aliphatic rings. The Kier molecular flexibility index (Phi) is 11.2. The number of amides is 5. The topological polar surface area (TPSA) is 230 Å². The van der Waals surface area contributed by atoms with Crippen LogP contribution < -0.4 is 25.0 Å². The van der Waals surface area contributed by atoms with Crippen molar-refractivity contribution >= 4 is 75.2 Å². The van der Waals surface area contributed by atoms with Crippen LogP contribution in [0.15, 0.2) is 61.1 Å². The third-order valence-corrected chi connectivity index (χ3v) is 10.0. The van der Waals surface area contributed by atoms with E-state index in [0.717, 1.165) is 4.90 Å². The van der Waals surface area contributed by atoms with Crippen molar-refractivity contribution in [3.63, 3.8) is 0 Å². The summed E-state index contributed by atoms with van der Waals surface area (Å²) in [5.74, 6) is -3.56. The number of nitrogens with zero attached hydrogens (tertiary/aromatic N) is 7. The van der Waals surface area contributed by atoms with Gasteiger partial charge in [-0.3, -0.25) is 34.2 Å². The average Bonchev–Trinajstić information content (AvgIpc) is 3.71. The molecule has 0 bridgehead atoms. The van der Waals surface area contributed by atoms with Crippen molar-refractivity contribution in [1.82, 2.24) is 29.7 Å². The van der Waals surface area contributed by atoms with Crippen molar-refractivity contribution in [2.45, 2.75) is 38.5 Å². The first-order valence-electron chi connectivity index (χ1n) is 17.9. The van der Waals surface area contributed by atoms with E-state index in [1.165, 1.54) is 74.6 Å². The van der Waals surface area contributed by atoms with E-state index >= 15 is 0 Å². The molecule has 2 atom stereocenters. The normalized spacial score (nSPS) is 15.5. The molecule has 3 aromatic carbocycles. The lowest BCUT2D eigenvalue weighted by molar-refractivity contribution is -0.396. The maximum absolute atomic E-state index is 14.3. The second kappa shape index (κ2) is 16.4. The third-order valence-electron chi connectivity index (χ3n) is 9.72. The first-order valence-corrected chi connectivity index (χ1v) is 18.2. The summed E-state index contributed by atoms with van der Waals surface area (Å²) in [7, 11) is 2.93. The summed E-state index contributed by atoms with van der Waals surface area (Å²) in [4.78, 5) is 90.2. The van der Waals surface area contributed by atoms with Crippen LogP contribution in [0.2, 0.25) is 5.02 Å². The number of anilines is 3. The Balaban J connectivity index is 1.06. The largest absolute Gasteiger partial charge is 0.493 e. The number of piperidine rings is 1. The van der Waals surface area contributed by atoms with Crippen molar-refractivity contribution in [2.24, 2.45) is 7.05 Å². The zero-order valence-electron chi connectivity index (χ0n) is 31.4. The number of imidazole rings is 1. The Morgan fingerprint density at radius 2 is 1.90 bits per heavy atom. The molecule has 1 saturated heterocycles. The zero-order valence-corrected chi connectivity index (χ0v) is 32.2. The molecule has 4 heterocycles. The molecule has 5 amide bonds. The first kappa shape index (κ1) is 40.1. The van der Waals surface area contributed by atoms with E-state index in [1.54, 1.807) is 17.0 Å². The number of carbonyl (C=O) groups is 5. The van der Waals surface area contributed by atoms with Gasteiger partial charge in [0.15, 0.2) is 11.5 Å². The molecule has 2 aromatic heterocycles. The van der Waals surface area contributed by atoms with E-state index in [2.05, 4.69) is 25.6 Å². The number of halogens is 2. The van der Waals surface area contributed by atoms with Crippen molar-refractivity contribution in [3.05, 3.63) is 98.8 Å². The molecule has 1 fully saturated rings. The smallest absolute Gasteiger partial charge is 0.434 e. The highest BCUT2D eigenvalue weighted by molar-refractivity contribution is 6.31. The summed E-state index contributed by atoms with van der Waals surface area (Å²) in [6, 6.07) is 10.5. The second-order valence-corrected chi connectivity index (χ2v) is 13.7. The minimum Gasteiger partial charge on any atom is -0.493 e. The number of benzene rings is 3. The van der Waals surface area contributed by atoms with Crippen LogP contribution in [0.3, 0.4) is 0 Å². The van der Waals surface area contributed by atoms with Crippen molar-refractivity contribution < 1.29 is 47.5 Å². The summed E-state index contributed by atoms with van der Waals surface area (Å²) in [6.07, 6.45) is 1.54. The standard InChI is InChI=1S/C38H33ClFN9O10/c1-19(34(51)44-26-6-4-5-22-32(26)37(54)48(36(22)53)28-9-10-31(50)45-35(28)52)58-11-12-59-30-14-23-27(15-29(30)57-3)42-18-43-33(23)47(20-7-8-25(40)24(39)13-20)17-21-16-41-38(46(21)2)49(55)56/h4-8,13-16,18-19,28H,9-12,17H2,1-3H3,(H,44,51)(H,45,50,52). The minimum absolute atomic E-state index is 0.00268. The number of fused-ring (bicyclic) bond motifs is 2. The van der Waals surface area contributed by atoms with Gasteiger partial charge in [-0.15, -0.1) is 0 Å². The van der Waals surface area contributed by atoms with Gasteiger partial charge in [0.2, 0.25) is 11.8 Å². The number of aromatic nitrogens is 4. The van der Waals surface area contributed by atoms with Gasteiger partial charge in [-0.1, -0.05) is 22.7 Å². The molecule has 5 aromatic rings. The van der Waals surface area contributed by atoms with Gasteiger partial charge in [-0.05, 0) is 54.7 Å². The summed E-state index contributed by atoms with van der Waals surface area (Å²) < 4.78 is 32.9. The highest BCUT2D eigenvalue weighted by atomic mass is 35.5. The van der Waals surface area contributed by atoms with Gasteiger partial charge in [0.25, 0.3) is 17.7 Å². The van der Waals surface area contributed by atoms with Crippen molar-refractivity contribution in [2.75, 3.05) is 30.5 Å². The predicted octanol–water partition coefficient (Wildman–Crippen LogP) is 4.23. The molecule has 2 unspecified atom stereocenters. The Morgan fingerprint density at radius 1 is 1.10 bits per heavy atom. The number of hydrogen-bond acceptors (Lipinski definition) is 14. The van der Waals surface area contributed by atoms with Crippen LogP contribution in [0.5, 0.6) is 11.5 Å². The van der Waals surface area contributed by atoms with Gasteiger partial charge in [0, 0.05) is 23.6 Å². The lowest BCUT2D eigenvalue weighted by Crippen LogP contribution is -2.54. The van der Waals surface area contributed by atoms with Gasteiger partial charge in [0.05, 0.1) is 54.7 Å². The van der Waals surface area contributed by atoms with Gasteiger partial charge in [-0.2, -0.15) is 0 Å². The third kappa shape index (κ3) is 7.82. The number of rotatable bonds is 14. The van der Waals surface area contributed by atoms with Gasteiger partial charge >= 0.3 is 5.95 Å². The Morgan fingerprint density at radius 3 is 2.61 bits per heavy atom. The van der Waals surface area contributed by atoms with Crippen LogP contribution in [0.25, 0.3) is 10.9 Å². The summed E-state index contributed by atoms with van der Waals surface area (Å²) in [5.41, 5.74) is 1.23. The molecule has 19 nitrogen and oxygen atoms in total. The second-order valence-electron chi connectivity index (χ2n) is 13.3. The van der Waals surface area contributed by atoms with Crippen molar-refractivity contribution in [1.29, 1.82) is 0 Å². The fourth-order valence-electron chi connectivity index (χ4n) is 6.70. The number of nitrogens with one attached hydrogen (secondary N) is 2. The molecule has 59 heavy (non-hydrogen) atoms. The predicted molar refractivity (Wildman–Crippen MR) is 206 cm³/mol. The summed E-state index contributed by atoms with van der Waals surface area (Å²) in [5, 5.41) is 16.6. The Labute approximate surface area is 338 Å². The highest BCUT2D eigenvalue weighted by Crippen LogP contribution is 2.39. The number of ether oxygens (including phenoxy) is 3. The number of methoxy groups -OCH3 is 1. The molecular weight excluding hydrogens is 797 g/mol. The average molecular weight is 830 g/mol. The molecule has 0 spiro atoms. The van der Waals surface area contributed by atoms with Crippen LogP contribution in [0.4, 0.5) is 27.5 Å². The van der Waals surface area contributed by atoms with E-state index in [9.17, 15) is 38.5 Å². The van der Waals surface area contributed by atoms with E-state index < -0.39 is 52.4 Å². The molecule has 2 N–H and O–H groups in total.